The molecule has 0 fully saturated rings. The summed E-state index contributed by atoms with van der Waals surface area (Å²) in [7, 11) is 0. The average molecular weight is 301 g/mol. The second-order valence-corrected chi connectivity index (χ2v) is 5.95. The van der Waals surface area contributed by atoms with Gasteiger partial charge in [-0.1, -0.05) is 44.2 Å². The molecule has 112 valence electrons. The molecule has 3 nitrogen and oxygen atoms in total. The molecule has 0 unspecified atom stereocenters. The van der Waals surface area contributed by atoms with Crippen molar-refractivity contribution in [3.63, 3.8) is 0 Å². The zero-order chi connectivity index (χ0) is 15.1. The molecular formula is C17H23N3S. The van der Waals surface area contributed by atoms with Crippen LogP contribution in [0.25, 0.3) is 0 Å². The summed E-state index contributed by atoms with van der Waals surface area (Å²) in [4.78, 5) is 5.65. The number of thiazole rings is 1. The van der Waals surface area contributed by atoms with Crippen molar-refractivity contribution >= 4 is 17.6 Å². The molecule has 0 radical (unpaired) electrons. The van der Waals surface area contributed by atoms with Gasteiger partial charge in [0.05, 0.1) is 12.2 Å². The van der Waals surface area contributed by atoms with E-state index in [1.54, 1.807) is 11.3 Å². The van der Waals surface area contributed by atoms with Crippen molar-refractivity contribution in [1.82, 2.24) is 4.68 Å². The fourth-order valence-corrected chi connectivity index (χ4v) is 2.84. The molecule has 0 saturated heterocycles. The summed E-state index contributed by atoms with van der Waals surface area (Å²) in [5.74, 6) is 0.541. The lowest BCUT2D eigenvalue weighted by Gasteiger charge is -2.05. The van der Waals surface area contributed by atoms with Crippen LogP contribution in [0.3, 0.4) is 0 Å². The lowest BCUT2D eigenvalue weighted by Crippen LogP contribution is -2.13. The molecule has 1 aromatic heterocycles. The third-order valence-corrected chi connectivity index (χ3v) is 4.50. The molecule has 0 aliphatic heterocycles. The predicted octanol–water partition coefficient (Wildman–Crippen LogP) is 4.23. The lowest BCUT2D eigenvalue weighted by atomic mass is 10.1. The normalized spacial score (nSPS) is 12.7. The first kappa shape index (κ1) is 15.7. The van der Waals surface area contributed by atoms with Crippen LogP contribution >= 0.6 is 11.3 Å². The molecule has 1 aromatic carbocycles. The van der Waals surface area contributed by atoms with Crippen molar-refractivity contribution in [2.75, 3.05) is 0 Å². The van der Waals surface area contributed by atoms with E-state index in [4.69, 9.17) is 4.99 Å². The smallest absolute Gasteiger partial charge is 0.206 e. The Bertz CT molecular complexity index is 634. The van der Waals surface area contributed by atoms with Gasteiger partial charge >= 0.3 is 0 Å². The fraction of sp³-hybridized carbons (Fsp3) is 0.412. The van der Waals surface area contributed by atoms with Gasteiger partial charge in [0.25, 0.3) is 0 Å². The highest BCUT2D eigenvalue weighted by molar-refractivity contribution is 7.07. The number of aryl methyl sites for hydroxylation is 1. The number of benzene rings is 1. The van der Waals surface area contributed by atoms with E-state index in [0.717, 1.165) is 23.3 Å². The maximum atomic E-state index is 4.69. The van der Waals surface area contributed by atoms with Crippen LogP contribution < -0.4 is 4.80 Å². The number of hydrogen-bond acceptors (Lipinski definition) is 3. The molecule has 0 N–H and O–H groups in total. The maximum absolute atomic E-state index is 4.69. The molecule has 0 spiro atoms. The van der Waals surface area contributed by atoms with Gasteiger partial charge in [0.15, 0.2) is 0 Å². The first-order valence-corrected chi connectivity index (χ1v) is 8.38. The summed E-state index contributed by atoms with van der Waals surface area (Å²) >= 11 is 1.64. The highest BCUT2D eigenvalue weighted by Gasteiger charge is 2.02. The highest BCUT2D eigenvalue weighted by Crippen LogP contribution is 2.06. The van der Waals surface area contributed by atoms with E-state index in [1.165, 1.54) is 5.56 Å². The Morgan fingerprint density at radius 3 is 2.57 bits per heavy atom. The Morgan fingerprint density at radius 1 is 1.19 bits per heavy atom. The molecule has 0 bridgehead atoms. The maximum Gasteiger partial charge on any atom is 0.206 e. The average Bonchev–Trinajstić information content (AvgIpc) is 2.88. The van der Waals surface area contributed by atoms with Crippen LogP contribution in [0.2, 0.25) is 0 Å². The molecule has 0 amide bonds. The molecule has 2 rings (SSSR count). The first-order valence-electron chi connectivity index (χ1n) is 7.50. The summed E-state index contributed by atoms with van der Waals surface area (Å²) < 4.78 is 1.95. The van der Waals surface area contributed by atoms with E-state index >= 15 is 0 Å². The molecule has 0 aliphatic carbocycles. The summed E-state index contributed by atoms with van der Waals surface area (Å²) in [6.45, 7) is 7.17. The summed E-state index contributed by atoms with van der Waals surface area (Å²) in [5, 5.41) is 6.73. The zero-order valence-corrected chi connectivity index (χ0v) is 13.8. The standard InChI is InChI=1S/C17H23N3S/c1-4-15(5-2)12-19-20-14(3)13-21-17(20)18-11-16-9-7-6-8-10-16/h6-10,12-13,15H,4-5,11H2,1-3H3. The predicted molar refractivity (Wildman–Crippen MR) is 90.7 cm³/mol. The van der Waals surface area contributed by atoms with Crippen molar-refractivity contribution in [2.45, 2.75) is 40.2 Å². The van der Waals surface area contributed by atoms with Crippen LogP contribution in [0.4, 0.5) is 0 Å². The van der Waals surface area contributed by atoms with Crippen molar-refractivity contribution < 1.29 is 0 Å². The van der Waals surface area contributed by atoms with Gasteiger partial charge in [-0.05, 0) is 31.2 Å². The van der Waals surface area contributed by atoms with Crippen LogP contribution in [0.15, 0.2) is 45.8 Å². The summed E-state index contributed by atoms with van der Waals surface area (Å²) in [5.41, 5.74) is 2.35. The minimum atomic E-state index is 0.541. The SMILES string of the molecule is CCC(C=Nn1c(C)csc1=NCc1ccccc1)CC. The van der Waals surface area contributed by atoms with Crippen molar-refractivity contribution in [3.05, 3.63) is 51.8 Å². The molecule has 21 heavy (non-hydrogen) atoms. The topological polar surface area (TPSA) is 29.6 Å². The Kier molecular flexibility index (Phi) is 5.93. The molecular weight excluding hydrogens is 278 g/mol. The quantitative estimate of drug-likeness (QED) is 0.715. The molecule has 2 aromatic rings. The minimum Gasteiger partial charge on any atom is -0.253 e. The fourth-order valence-electron chi connectivity index (χ4n) is 2.04. The monoisotopic (exact) mass is 301 g/mol. The van der Waals surface area contributed by atoms with E-state index in [-0.39, 0.29) is 0 Å². The van der Waals surface area contributed by atoms with Gasteiger partial charge in [-0.25, -0.2) is 4.68 Å². The van der Waals surface area contributed by atoms with Gasteiger partial charge in [0.2, 0.25) is 4.80 Å². The van der Waals surface area contributed by atoms with Gasteiger partial charge in [-0.3, -0.25) is 4.99 Å². The van der Waals surface area contributed by atoms with Crippen molar-refractivity contribution in [3.8, 4) is 0 Å². The highest BCUT2D eigenvalue weighted by atomic mass is 32.1. The van der Waals surface area contributed by atoms with Crippen LogP contribution in [-0.2, 0) is 6.54 Å². The second kappa shape index (κ2) is 7.93. The molecule has 0 aliphatic rings. The Morgan fingerprint density at radius 2 is 1.90 bits per heavy atom. The summed E-state index contributed by atoms with van der Waals surface area (Å²) in [6, 6.07) is 10.3. The van der Waals surface area contributed by atoms with Gasteiger partial charge < -0.3 is 0 Å². The minimum absolute atomic E-state index is 0.541. The summed E-state index contributed by atoms with van der Waals surface area (Å²) in [6.07, 6.45) is 4.31. The van der Waals surface area contributed by atoms with Crippen LogP contribution in [-0.4, -0.2) is 10.9 Å². The van der Waals surface area contributed by atoms with Gasteiger partial charge in [-0.2, -0.15) is 5.10 Å². The zero-order valence-electron chi connectivity index (χ0n) is 13.0. The van der Waals surface area contributed by atoms with E-state index in [2.05, 4.69) is 49.6 Å². The molecule has 0 saturated carbocycles. The number of rotatable bonds is 6. The van der Waals surface area contributed by atoms with Gasteiger partial charge in [0, 0.05) is 11.6 Å². The second-order valence-electron chi connectivity index (χ2n) is 5.11. The van der Waals surface area contributed by atoms with E-state index in [0.29, 0.717) is 12.5 Å². The third-order valence-electron chi connectivity index (χ3n) is 3.53. The van der Waals surface area contributed by atoms with Crippen LogP contribution in [0, 0.1) is 12.8 Å². The third kappa shape index (κ3) is 4.39. The number of nitrogens with zero attached hydrogens (tertiary/aromatic N) is 3. The Labute approximate surface area is 130 Å². The lowest BCUT2D eigenvalue weighted by molar-refractivity contribution is 0.644. The number of aromatic nitrogens is 1. The molecule has 0 atom stereocenters. The van der Waals surface area contributed by atoms with Crippen LogP contribution in [0.1, 0.15) is 37.9 Å². The first-order chi connectivity index (χ1) is 10.2. The van der Waals surface area contributed by atoms with Crippen LogP contribution in [0.5, 0.6) is 0 Å². The largest absolute Gasteiger partial charge is 0.253 e. The van der Waals surface area contributed by atoms with E-state index < -0.39 is 0 Å². The van der Waals surface area contributed by atoms with Gasteiger partial charge in [0.1, 0.15) is 0 Å². The molecule has 1 heterocycles. The number of hydrogen-bond donors (Lipinski definition) is 0. The Balaban J connectivity index is 2.21. The van der Waals surface area contributed by atoms with Crippen molar-refractivity contribution in [2.24, 2.45) is 16.0 Å². The molecule has 4 heteroatoms. The van der Waals surface area contributed by atoms with Gasteiger partial charge in [-0.15, -0.1) is 11.3 Å². The van der Waals surface area contributed by atoms with Crippen molar-refractivity contribution in [1.29, 1.82) is 0 Å². The Hall–Kier alpha value is -1.68. The van der Waals surface area contributed by atoms with E-state index in [1.807, 2.05) is 22.9 Å². The van der Waals surface area contributed by atoms with E-state index in [9.17, 15) is 0 Å².